The van der Waals surface area contributed by atoms with E-state index in [2.05, 4.69) is 17.0 Å². The Balaban J connectivity index is 2.79. The number of aromatic nitrogens is 1. The van der Waals surface area contributed by atoms with Crippen LogP contribution < -0.4 is 0 Å². The Morgan fingerprint density at radius 2 is 2.36 bits per heavy atom. The van der Waals surface area contributed by atoms with Crippen LogP contribution in [0.1, 0.15) is 5.56 Å². The van der Waals surface area contributed by atoms with Crippen LogP contribution in [0.4, 0.5) is 0 Å². The van der Waals surface area contributed by atoms with Gasteiger partial charge in [0.1, 0.15) is 0 Å². The summed E-state index contributed by atoms with van der Waals surface area (Å²) in [5.41, 5.74) is 1.94. The molecule has 0 saturated carbocycles. The van der Waals surface area contributed by atoms with Crippen molar-refractivity contribution in [3.05, 3.63) is 36.0 Å². The summed E-state index contributed by atoms with van der Waals surface area (Å²) < 4.78 is 0. The maximum Gasteiger partial charge on any atom is 0.0472 e. The van der Waals surface area contributed by atoms with E-state index in [0.29, 0.717) is 0 Å². The molecule has 2 aromatic rings. The van der Waals surface area contributed by atoms with E-state index in [0.717, 1.165) is 16.5 Å². The molecular formula is C10H6N. The molecule has 1 aromatic carbocycles. The normalized spacial score (nSPS) is 9.73. The van der Waals surface area contributed by atoms with E-state index in [1.54, 1.807) is 6.20 Å². The highest BCUT2D eigenvalue weighted by molar-refractivity contribution is 5.79. The predicted molar refractivity (Wildman–Crippen MR) is 45.1 cm³/mol. The third kappa shape index (κ3) is 0.890. The molecule has 1 radical (unpaired) electrons. The first-order valence-corrected chi connectivity index (χ1v) is 3.35. The predicted octanol–water partition coefficient (Wildman–Crippen LogP) is 1.95. The molecule has 0 aliphatic heterocycles. The number of hydrogen-bond acceptors (Lipinski definition) is 0. The van der Waals surface area contributed by atoms with Gasteiger partial charge >= 0.3 is 0 Å². The number of terminal acetylenes is 1. The fourth-order valence-electron chi connectivity index (χ4n) is 1.07. The zero-order chi connectivity index (χ0) is 7.68. The molecule has 0 fully saturated rings. The fraction of sp³-hybridized carbons (Fsp3) is 0. The highest BCUT2D eigenvalue weighted by atomic mass is 14.7. The number of benzene rings is 1. The third-order valence-electron chi connectivity index (χ3n) is 1.64. The van der Waals surface area contributed by atoms with Crippen LogP contribution in [0.5, 0.6) is 0 Å². The minimum Gasteiger partial charge on any atom is -0.361 e. The van der Waals surface area contributed by atoms with Gasteiger partial charge in [-0.2, -0.15) is 0 Å². The zero-order valence-electron chi connectivity index (χ0n) is 5.89. The van der Waals surface area contributed by atoms with Crippen molar-refractivity contribution in [2.24, 2.45) is 0 Å². The van der Waals surface area contributed by atoms with Crippen molar-refractivity contribution in [2.75, 3.05) is 0 Å². The Hall–Kier alpha value is -1.68. The Morgan fingerprint density at radius 1 is 1.45 bits per heavy atom. The van der Waals surface area contributed by atoms with Crippen LogP contribution in [0.2, 0.25) is 0 Å². The van der Waals surface area contributed by atoms with E-state index in [1.165, 1.54) is 0 Å². The molecule has 11 heavy (non-hydrogen) atoms. The zero-order valence-corrected chi connectivity index (χ0v) is 5.89. The molecule has 0 atom stereocenters. The topological polar surface area (TPSA) is 15.8 Å². The molecule has 1 N–H and O–H groups in total. The Labute approximate surface area is 65.1 Å². The number of aromatic amines is 1. The van der Waals surface area contributed by atoms with Gasteiger partial charge in [-0.05, 0) is 12.1 Å². The standard InChI is InChI=1S/C10H6N/c1-2-8-3-4-9-5-6-11-10(9)7-8/h1,3-4,6-7,11H. The van der Waals surface area contributed by atoms with Crippen molar-refractivity contribution in [1.29, 1.82) is 0 Å². The first-order valence-electron chi connectivity index (χ1n) is 3.35. The van der Waals surface area contributed by atoms with Crippen LogP contribution in [-0.2, 0) is 0 Å². The Morgan fingerprint density at radius 3 is 3.18 bits per heavy atom. The minimum absolute atomic E-state index is 0.897. The molecule has 0 aliphatic rings. The van der Waals surface area contributed by atoms with E-state index in [9.17, 15) is 0 Å². The largest absolute Gasteiger partial charge is 0.361 e. The molecule has 1 aromatic heterocycles. The van der Waals surface area contributed by atoms with E-state index >= 15 is 0 Å². The summed E-state index contributed by atoms with van der Waals surface area (Å²) in [6.45, 7) is 0. The van der Waals surface area contributed by atoms with Crippen LogP contribution in [0.3, 0.4) is 0 Å². The molecule has 0 bridgehead atoms. The van der Waals surface area contributed by atoms with Gasteiger partial charge in [0.15, 0.2) is 0 Å². The third-order valence-corrected chi connectivity index (χ3v) is 1.64. The van der Waals surface area contributed by atoms with E-state index in [-0.39, 0.29) is 0 Å². The van der Waals surface area contributed by atoms with Crippen LogP contribution in [0, 0.1) is 18.4 Å². The van der Waals surface area contributed by atoms with Gasteiger partial charge in [0, 0.05) is 28.7 Å². The van der Waals surface area contributed by atoms with Crippen molar-refractivity contribution in [3.63, 3.8) is 0 Å². The monoisotopic (exact) mass is 140 g/mol. The Bertz CT molecular complexity index is 418. The van der Waals surface area contributed by atoms with E-state index in [4.69, 9.17) is 6.42 Å². The molecule has 1 heteroatoms. The second kappa shape index (κ2) is 2.17. The van der Waals surface area contributed by atoms with Crippen molar-refractivity contribution >= 4 is 10.9 Å². The molecule has 0 spiro atoms. The lowest BCUT2D eigenvalue weighted by Gasteiger charge is -1.89. The number of hydrogen-bond donors (Lipinski definition) is 1. The van der Waals surface area contributed by atoms with Gasteiger partial charge in [-0.25, -0.2) is 0 Å². The summed E-state index contributed by atoms with van der Waals surface area (Å²) >= 11 is 0. The van der Waals surface area contributed by atoms with Crippen LogP contribution in [0.25, 0.3) is 10.9 Å². The second-order valence-corrected chi connectivity index (χ2v) is 2.34. The summed E-state index contributed by atoms with van der Waals surface area (Å²) in [5, 5.41) is 1.07. The van der Waals surface area contributed by atoms with Gasteiger partial charge in [0.25, 0.3) is 0 Å². The van der Waals surface area contributed by atoms with Crippen LogP contribution in [0.15, 0.2) is 24.4 Å². The summed E-state index contributed by atoms with van der Waals surface area (Å²) in [6.07, 6.45) is 7.02. The first kappa shape index (κ1) is 6.06. The number of rotatable bonds is 0. The van der Waals surface area contributed by atoms with Gasteiger partial charge in [0.05, 0.1) is 0 Å². The molecule has 0 saturated heterocycles. The number of fused-ring (bicyclic) bond motifs is 1. The van der Waals surface area contributed by atoms with Crippen molar-refractivity contribution in [2.45, 2.75) is 0 Å². The molecular weight excluding hydrogens is 134 g/mol. The quantitative estimate of drug-likeness (QED) is 0.538. The highest BCUT2D eigenvalue weighted by Gasteiger charge is 1.93. The van der Waals surface area contributed by atoms with Gasteiger partial charge in [-0.15, -0.1) is 6.42 Å². The Kier molecular flexibility index (Phi) is 1.20. The van der Waals surface area contributed by atoms with E-state index < -0.39 is 0 Å². The molecule has 0 unspecified atom stereocenters. The SMILES string of the molecule is C#Cc1ccc2[c]c[nH]c2c1. The molecule has 51 valence electrons. The molecule has 0 amide bonds. The molecule has 1 nitrogen and oxygen atoms in total. The van der Waals surface area contributed by atoms with E-state index in [1.807, 2.05) is 18.2 Å². The van der Waals surface area contributed by atoms with Crippen molar-refractivity contribution in [1.82, 2.24) is 4.98 Å². The van der Waals surface area contributed by atoms with Gasteiger partial charge in [0.2, 0.25) is 0 Å². The smallest absolute Gasteiger partial charge is 0.0472 e. The fourth-order valence-corrected chi connectivity index (χ4v) is 1.07. The molecule has 1 heterocycles. The summed E-state index contributed by atoms with van der Waals surface area (Å²) in [4.78, 5) is 3.04. The second-order valence-electron chi connectivity index (χ2n) is 2.34. The van der Waals surface area contributed by atoms with Gasteiger partial charge in [-0.1, -0.05) is 12.0 Å². The summed E-state index contributed by atoms with van der Waals surface area (Å²) in [6, 6.07) is 8.85. The van der Waals surface area contributed by atoms with Crippen molar-refractivity contribution in [3.8, 4) is 12.3 Å². The minimum atomic E-state index is 0.897. The maximum atomic E-state index is 5.24. The average Bonchev–Trinajstić information content (AvgIpc) is 2.50. The lowest BCUT2D eigenvalue weighted by Crippen LogP contribution is -1.72. The van der Waals surface area contributed by atoms with Crippen LogP contribution >= 0.6 is 0 Å². The maximum absolute atomic E-state index is 5.24. The van der Waals surface area contributed by atoms with Crippen LogP contribution in [-0.4, -0.2) is 4.98 Å². The number of H-pyrrole nitrogens is 1. The molecule has 0 aliphatic carbocycles. The lowest BCUT2D eigenvalue weighted by atomic mass is 10.2. The first-order chi connectivity index (χ1) is 5.40. The van der Waals surface area contributed by atoms with Gasteiger partial charge < -0.3 is 4.98 Å². The summed E-state index contributed by atoms with van der Waals surface area (Å²) in [5.74, 6) is 2.58. The summed E-state index contributed by atoms with van der Waals surface area (Å²) in [7, 11) is 0. The highest BCUT2D eigenvalue weighted by Crippen LogP contribution is 2.12. The van der Waals surface area contributed by atoms with Crippen molar-refractivity contribution < 1.29 is 0 Å². The molecule has 2 rings (SSSR count). The number of nitrogens with one attached hydrogen (secondary N) is 1. The van der Waals surface area contributed by atoms with Gasteiger partial charge in [-0.3, -0.25) is 0 Å². The average molecular weight is 140 g/mol. The lowest BCUT2D eigenvalue weighted by molar-refractivity contribution is 1.47.